The summed E-state index contributed by atoms with van der Waals surface area (Å²) in [6.45, 7) is 2.01. The van der Waals surface area contributed by atoms with Crippen LogP contribution < -0.4 is 11.2 Å². The Morgan fingerprint density at radius 1 is 1.17 bits per heavy atom. The SMILES string of the molecule is Nc1nc(NN2CCOCC2)nc(C(F)(F)F)n1. The minimum Gasteiger partial charge on any atom is -0.379 e. The van der Waals surface area contributed by atoms with Gasteiger partial charge in [0, 0.05) is 13.1 Å². The maximum absolute atomic E-state index is 12.5. The second-order valence-corrected chi connectivity index (χ2v) is 3.55. The maximum Gasteiger partial charge on any atom is 0.451 e. The van der Waals surface area contributed by atoms with Gasteiger partial charge in [-0.15, -0.1) is 0 Å². The Labute approximate surface area is 100 Å². The molecule has 1 aliphatic heterocycles. The van der Waals surface area contributed by atoms with Crippen molar-refractivity contribution in [1.29, 1.82) is 0 Å². The Hall–Kier alpha value is -1.68. The summed E-state index contributed by atoms with van der Waals surface area (Å²) >= 11 is 0. The molecule has 10 heteroatoms. The molecule has 1 aromatic heterocycles. The van der Waals surface area contributed by atoms with Crippen molar-refractivity contribution in [3.8, 4) is 0 Å². The average Bonchev–Trinajstić information content (AvgIpc) is 2.28. The number of hydrogen-bond acceptors (Lipinski definition) is 7. The number of halogens is 3. The van der Waals surface area contributed by atoms with E-state index in [1.807, 2.05) is 0 Å². The number of nitrogens with zero attached hydrogens (tertiary/aromatic N) is 4. The largest absolute Gasteiger partial charge is 0.451 e. The summed E-state index contributed by atoms with van der Waals surface area (Å²) in [5.74, 6) is -2.02. The predicted octanol–water partition coefficient (Wildman–Crippen LogP) is 0.132. The van der Waals surface area contributed by atoms with Gasteiger partial charge in [0.05, 0.1) is 13.2 Å². The van der Waals surface area contributed by atoms with Crippen LogP contribution in [0.2, 0.25) is 0 Å². The Kier molecular flexibility index (Phi) is 3.48. The van der Waals surface area contributed by atoms with E-state index in [9.17, 15) is 13.2 Å². The van der Waals surface area contributed by atoms with Crippen molar-refractivity contribution < 1.29 is 17.9 Å². The second kappa shape index (κ2) is 4.90. The lowest BCUT2D eigenvalue weighted by Gasteiger charge is -2.26. The number of anilines is 2. The molecular formula is C8H11F3N6O. The molecule has 2 heterocycles. The van der Waals surface area contributed by atoms with Gasteiger partial charge in [0.1, 0.15) is 0 Å². The number of alkyl halides is 3. The standard InChI is InChI=1S/C8H11F3N6O/c9-8(10,11)5-13-6(12)15-7(14-5)16-17-1-3-18-4-2-17/h1-4H2,(H3,12,13,14,15,16). The summed E-state index contributed by atoms with van der Waals surface area (Å²) in [7, 11) is 0. The molecule has 0 aliphatic carbocycles. The van der Waals surface area contributed by atoms with Crippen LogP contribution in [0.5, 0.6) is 0 Å². The molecule has 0 amide bonds. The van der Waals surface area contributed by atoms with E-state index in [-0.39, 0.29) is 5.95 Å². The Morgan fingerprint density at radius 3 is 2.44 bits per heavy atom. The molecule has 100 valence electrons. The van der Waals surface area contributed by atoms with Gasteiger partial charge >= 0.3 is 6.18 Å². The zero-order chi connectivity index (χ0) is 13.2. The normalized spacial score (nSPS) is 17.7. The fourth-order valence-electron chi connectivity index (χ4n) is 1.39. The molecule has 0 spiro atoms. The van der Waals surface area contributed by atoms with Crippen molar-refractivity contribution in [2.24, 2.45) is 0 Å². The number of rotatable bonds is 2. The smallest absolute Gasteiger partial charge is 0.379 e. The number of morpholine rings is 1. The first-order chi connectivity index (χ1) is 8.45. The lowest BCUT2D eigenvalue weighted by molar-refractivity contribution is -0.144. The van der Waals surface area contributed by atoms with Gasteiger partial charge in [-0.05, 0) is 0 Å². The third-order valence-corrected chi connectivity index (χ3v) is 2.18. The van der Waals surface area contributed by atoms with Crippen LogP contribution in [0.3, 0.4) is 0 Å². The highest BCUT2D eigenvalue weighted by Gasteiger charge is 2.35. The number of hydrogen-bond donors (Lipinski definition) is 2. The van der Waals surface area contributed by atoms with E-state index >= 15 is 0 Å². The molecule has 18 heavy (non-hydrogen) atoms. The summed E-state index contributed by atoms with van der Waals surface area (Å²) < 4.78 is 42.5. The molecule has 2 rings (SSSR count). The number of aromatic nitrogens is 3. The van der Waals surface area contributed by atoms with E-state index in [0.29, 0.717) is 26.3 Å². The highest BCUT2D eigenvalue weighted by molar-refractivity contribution is 5.30. The molecule has 7 nitrogen and oxygen atoms in total. The van der Waals surface area contributed by atoms with Crippen LogP contribution in [0.25, 0.3) is 0 Å². The first-order valence-corrected chi connectivity index (χ1v) is 5.13. The lowest BCUT2D eigenvalue weighted by atomic mass is 10.5. The molecule has 0 saturated carbocycles. The van der Waals surface area contributed by atoms with Crippen molar-refractivity contribution in [3.63, 3.8) is 0 Å². The summed E-state index contributed by atoms with van der Waals surface area (Å²) in [4.78, 5) is 9.93. The Balaban J connectivity index is 2.14. The van der Waals surface area contributed by atoms with E-state index in [2.05, 4.69) is 20.4 Å². The van der Waals surface area contributed by atoms with Gasteiger partial charge in [-0.1, -0.05) is 0 Å². The molecule has 1 fully saturated rings. The number of nitrogen functional groups attached to an aromatic ring is 1. The quantitative estimate of drug-likeness (QED) is 0.784. The monoisotopic (exact) mass is 264 g/mol. The van der Waals surface area contributed by atoms with Gasteiger partial charge in [-0.3, -0.25) is 5.43 Å². The molecule has 0 unspecified atom stereocenters. The summed E-state index contributed by atoms with van der Waals surface area (Å²) in [5.41, 5.74) is 7.86. The fourth-order valence-corrected chi connectivity index (χ4v) is 1.39. The van der Waals surface area contributed by atoms with E-state index in [0.717, 1.165) is 0 Å². The Morgan fingerprint density at radius 2 is 1.83 bits per heavy atom. The zero-order valence-electron chi connectivity index (χ0n) is 9.24. The number of hydrazine groups is 1. The number of nitrogens with one attached hydrogen (secondary N) is 1. The second-order valence-electron chi connectivity index (χ2n) is 3.55. The van der Waals surface area contributed by atoms with Gasteiger partial charge in [0.15, 0.2) is 0 Å². The Bertz CT molecular complexity index is 420. The fraction of sp³-hybridized carbons (Fsp3) is 0.625. The first kappa shape index (κ1) is 12.8. The highest BCUT2D eigenvalue weighted by atomic mass is 19.4. The van der Waals surface area contributed by atoms with E-state index in [1.54, 1.807) is 5.01 Å². The van der Waals surface area contributed by atoms with Crippen LogP contribution >= 0.6 is 0 Å². The molecule has 1 saturated heterocycles. The van der Waals surface area contributed by atoms with Crippen molar-refractivity contribution >= 4 is 11.9 Å². The van der Waals surface area contributed by atoms with Crippen LogP contribution in [-0.2, 0) is 10.9 Å². The maximum atomic E-state index is 12.5. The molecule has 1 aromatic rings. The van der Waals surface area contributed by atoms with E-state index in [1.165, 1.54) is 0 Å². The number of nitrogens with two attached hydrogens (primary N) is 1. The first-order valence-electron chi connectivity index (χ1n) is 5.13. The third-order valence-electron chi connectivity index (χ3n) is 2.18. The van der Waals surface area contributed by atoms with Crippen molar-refractivity contribution in [1.82, 2.24) is 20.0 Å². The van der Waals surface area contributed by atoms with Gasteiger partial charge in [0.25, 0.3) is 0 Å². The average molecular weight is 264 g/mol. The van der Waals surface area contributed by atoms with E-state index in [4.69, 9.17) is 10.5 Å². The minimum atomic E-state index is -4.65. The molecule has 0 radical (unpaired) electrons. The molecular weight excluding hydrogens is 253 g/mol. The van der Waals surface area contributed by atoms with Crippen LogP contribution in [-0.4, -0.2) is 46.3 Å². The van der Waals surface area contributed by atoms with Crippen molar-refractivity contribution in [3.05, 3.63) is 5.82 Å². The molecule has 3 N–H and O–H groups in total. The van der Waals surface area contributed by atoms with Gasteiger partial charge in [-0.25, -0.2) is 5.01 Å². The minimum absolute atomic E-state index is 0.225. The summed E-state index contributed by atoms with van der Waals surface area (Å²) in [6, 6.07) is 0. The molecule has 0 bridgehead atoms. The zero-order valence-corrected chi connectivity index (χ0v) is 9.24. The predicted molar refractivity (Wildman–Crippen MR) is 55.3 cm³/mol. The topological polar surface area (TPSA) is 89.2 Å². The van der Waals surface area contributed by atoms with E-state index < -0.39 is 17.9 Å². The molecule has 1 aliphatic rings. The van der Waals surface area contributed by atoms with Gasteiger partial charge in [-0.2, -0.15) is 28.1 Å². The van der Waals surface area contributed by atoms with Crippen molar-refractivity contribution in [2.45, 2.75) is 6.18 Å². The van der Waals surface area contributed by atoms with Crippen LogP contribution in [0.15, 0.2) is 0 Å². The lowest BCUT2D eigenvalue weighted by Crippen LogP contribution is -2.41. The number of ether oxygens (including phenoxy) is 1. The van der Waals surface area contributed by atoms with Crippen LogP contribution in [0.4, 0.5) is 25.1 Å². The molecule has 0 atom stereocenters. The van der Waals surface area contributed by atoms with Gasteiger partial charge in [0.2, 0.25) is 17.7 Å². The molecule has 0 aromatic carbocycles. The third kappa shape index (κ3) is 3.17. The van der Waals surface area contributed by atoms with Crippen LogP contribution in [0.1, 0.15) is 5.82 Å². The highest BCUT2D eigenvalue weighted by Crippen LogP contribution is 2.26. The summed E-state index contributed by atoms with van der Waals surface area (Å²) in [6.07, 6.45) is -4.65. The summed E-state index contributed by atoms with van der Waals surface area (Å²) in [5, 5.41) is 1.65. The van der Waals surface area contributed by atoms with Crippen LogP contribution in [0, 0.1) is 0 Å². The van der Waals surface area contributed by atoms with Crippen molar-refractivity contribution in [2.75, 3.05) is 37.5 Å². The van der Waals surface area contributed by atoms with Gasteiger partial charge < -0.3 is 10.5 Å².